The number of rotatable bonds is 7. The number of hydrogen-bond donors (Lipinski definition) is 1. The van der Waals surface area contributed by atoms with Crippen molar-refractivity contribution in [2.45, 2.75) is 50.4 Å². The Morgan fingerprint density at radius 3 is 2.33 bits per heavy atom. The lowest BCUT2D eigenvalue weighted by Crippen LogP contribution is -2.50. The van der Waals surface area contributed by atoms with E-state index < -0.39 is 0 Å². The van der Waals surface area contributed by atoms with Crippen molar-refractivity contribution in [2.24, 2.45) is 0 Å². The van der Waals surface area contributed by atoms with Crippen molar-refractivity contribution >= 4 is 5.91 Å². The second kappa shape index (κ2) is 8.96. The van der Waals surface area contributed by atoms with Crippen LogP contribution in [-0.2, 0) is 6.54 Å². The molecule has 2 aromatic carbocycles. The molecule has 2 atom stereocenters. The summed E-state index contributed by atoms with van der Waals surface area (Å²) in [7, 11) is 4.98. The van der Waals surface area contributed by atoms with Crippen molar-refractivity contribution in [2.75, 3.05) is 21.3 Å². The van der Waals surface area contributed by atoms with Gasteiger partial charge in [0.05, 0.1) is 21.3 Å². The number of amides is 1. The molecule has 0 saturated carbocycles. The highest BCUT2D eigenvalue weighted by molar-refractivity contribution is 5.94. The minimum absolute atomic E-state index is 0.0245. The number of benzene rings is 2. The lowest BCUT2D eigenvalue weighted by atomic mass is 9.96. The SMILES string of the molecule is COc1cccc(C(=O)NC2CC3CCC(C2)N3Cc2ccc(OC)cc2OC)c1. The van der Waals surface area contributed by atoms with Crippen LogP contribution in [0.4, 0.5) is 0 Å². The lowest BCUT2D eigenvalue weighted by molar-refractivity contribution is 0.0825. The molecular weight excluding hydrogens is 380 g/mol. The zero-order chi connectivity index (χ0) is 21.1. The Bertz CT molecular complexity index is 887. The smallest absolute Gasteiger partial charge is 0.251 e. The molecule has 6 nitrogen and oxygen atoms in total. The molecule has 2 unspecified atom stereocenters. The van der Waals surface area contributed by atoms with Gasteiger partial charge in [-0.15, -0.1) is 0 Å². The van der Waals surface area contributed by atoms with E-state index in [2.05, 4.69) is 16.3 Å². The number of methoxy groups -OCH3 is 3. The molecule has 6 heteroatoms. The molecule has 2 bridgehead atoms. The van der Waals surface area contributed by atoms with Gasteiger partial charge in [0, 0.05) is 41.9 Å². The first-order chi connectivity index (χ1) is 14.6. The van der Waals surface area contributed by atoms with Gasteiger partial charge in [-0.1, -0.05) is 12.1 Å². The fourth-order valence-electron chi connectivity index (χ4n) is 4.86. The largest absolute Gasteiger partial charge is 0.497 e. The Labute approximate surface area is 178 Å². The van der Waals surface area contributed by atoms with E-state index in [9.17, 15) is 4.79 Å². The van der Waals surface area contributed by atoms with Crippen LogP contribution in [0.25, 0.3) is 0 Å². The van der Waals surface area contributed by atoms with Crippen molar-refractivity contribution in [3.8, 4) is 17.2 Å². The summed E-state index contributed by atoms with van der Waals surface area (Å²) >= 11 is 0. The van der Waals surface area contributed by atoms with E-state index >= 15 is 0 Å². The van der Waals surface area contributed by atoms with Crippen molar-refractivity contribution in [3.63, 3.8) is 0 Å². The number of carbonyl (C=O) groups excluding carboxylic acids is 1. The maximum atomic E-state index is 12.7. The van der Waals surface area contributed by atoms with E-state index in [0.29, 0.717) is 23.4 Å². The molecule has 0 radical (unpaired) electrons. The summed E-state index contributed by atoms with van der Waals surface area (Å²) in [6, 6.07) is 14.5. The van der Waals surface area contributed by atoms with Gasteiger partial charge in [-0.25, -0.2) is 0 Å². The van der Waals surface area contributed by atoms with Crippen LogP contribution in [0.1, 0.15) is 41.6 Å². The van der Waals surface area contributed by atoms with Gasteiger partial charge in [0.1, 0.15) is 17.2 Å². The Balaban J connectivity index is 1.40. The zero-order valence-corrected chi connectivity index (χ0v) is 17.9. The first-order valence-corrected chi connectivity index (χ1v) is 10.5. The molecule has 1 amide bonds. The van der Waals surface area contributed by atoms with Gasteiger partial charge in [-0.05, 0) is 49.9 Å². The van der Waals surface area contributed by atoms with Crippen LogP contribution in [0.15, 0.2) is 42.5 Å². The number of nitrogens with one attached hydrogen (secondary N) is 1. The average molecular weight is 411 g/mol. The fourth-order valence-corrected chi connectivity index (χ4v) is 4.86. The Hall–Kier alpha value is -2.73. The van der Waals surface area contributed by atoms with Crippen LogP contribution in [0.5, 0.6) is 17.2 Å². The third-order valence-corrected chi connectivity index (χ3v) is 6.40. The quantitative estimate of drug-likeness (QED) is 0.755. The van der Waals surface area contributed by atoms with E-state index in [4.69, 9.17) is 14.2 Å². The summed E-state index contributed by atoms with van der Waals surface area (Å²) < 4.78 is 16.1. The standard InChI is InChI=1S/C24H30N2O4/c1-28-21-6-4-5-16(11-21)24(27)25-18-12-19-8-9-20(13-18)26(19)15-17-7-10-22(29-2)14-23(17)30-3/h4-7,10-11,14,18-20H,8-9,12-13,15H2,1-3H3,(H,25,27). The second-order valence-corrected chi connectivity index (χ2v) is 8.11. The summed E-state index contributed by atoms with van der Waals surface area (Å²) in [6.07, 6.45) is 4.30. The summed E-state index contributed by atoms with van der Waals surface area (Å²) in [6.45, 7) is 0.860. The molecule has 2 saturated heterocycles. The van der Waals surface area contributed by atoms with Gasteiger partial charge < -0.3 is 19.5 Å². The predicted molar refractivity (Wildman–Crippen MR) is 115 cm³/mol. The summed E-state index contributed by atoms with van der Waals surface area (Å²) in [5.74, 6) is 2.34. The first kappa shape index (κ1) is 20.5. The molecule has 1 N–H and O–H groups in total. The number of hydrogen-bond acceptors (Lipinski definition) is 5. The number of nitrogens with zero attached hydrogens (tertiary/aromatic N) is 1. The van der Waals surface area contributed by atoms with Gasteiger partial charge in [-0.2, -0.15) is 0 Å². The zero-order valence-electron chi connectivity index (χ0n) is 17.9. The lowest BCUT2D eigenvalue weighted by Gasteiger charge is -2.39. The van der Waals surface area contributed by atoms with Crippen molar-refractivity contribution in [1.82, 2.24) is 10.2 Å². The molecular formula is C24H30N2O4. The van der Waals surface area contributed by atoms with Crippen LogP contribution in [0.3, 0.4) is 0 Å². The fraction of sp³-hybridized carbons (Fsp3) is 0.458. The van der Waals surface area contributed by atoms with Gasteiger partial charge in [0.15, 0.2) is 0 Å². The van der Waals surface area contributed by atoms with Crippen molar-refractivity contribution in [3.05, 3.63) is 53.6 Å². The monoisotopic (exact) mass is 410 g/mol. The van der Waals surface area contributed by atoms with Crippen LogP contribution in [0.2, 0.25) is 0 Å². The van der Waals surface area contributed by atoms with Crippen molar-refractivity contribution in [1.29, 1.82) is 0 Å². The highest BCUT2D eigenvalue weighted by Gasteiger charge is 2.41. The molecule has 2 aliphatic heterocycles. The molecule has 4 rings (SSSR count). The van der Waals surface area contributed by atoms with Gasteiger partial charge in [0.25, 0.3) is 5.91 Å². The number of carbonyl (C=O) groups is 1. The van der Waals surface area contributed by atoms with Gasteiger partial charge in [0.2, 0.25) is 0 Å². The molecule has 160 valence electrons. The van der Waals surface area contributed by atoms with E-state index in [1.54, 1.807) is 27.4 Å². The Morgan fingerprint density at radius 2 is 1.67 bits per heavy atom. The summed E-state index contributed by atoms with van der Waals surface area (Å²) in [5, 5.41) is 3.25. The molecule has 0 aliphatic carbocycles. The molecule has 0 spiro atoms. The highest BCUT2D eigenvalue weighted by Crippen LogP contribution is 2.38. The second-order valence-electron chi connectivity index (χ2n) is 8.11. The van der Waals surface area contributed by atoms with Gasteiger partial charge >= 0.3 is 0 Å². The predicted octanol–water partition coefficient (Wildman–Crippen LogP) is 3.64. The number of fused-ring (bicyclic) bond motifs is 2. The third-order valence-electron chi connectivity index (χ3n) is 6.40. The van der Waals surface area contributed by atoms with E-state index in [-0.39, 0.29) is 11.9 Å². The average Bonchev–Trinajstić information content (AvgIpc) is 3.01. The topological polar surface area (TPSA) is 60.0 Å². The number of piperidine rings is 1. The molecule has 30 heavy (non-hydrogen) atoms. The van der Waals surface area contributed by atoms with E-state index in [0.717, 1.165) is 30.9 Å². The van der Waals surface area contributed by atoms with Crippen molar-refractivity contribution < 1.29 is 19.0 Å². The Morgan fingerprint density at radius 1 is 0.967 bits per heavy atom. The summed E-state index contributed by atoms with van der Waals surface area (Å²) in [4.78, 5) is 15.3. The normalized spacial score (nSPS) is 23.1. The molecule has 2 aromatic rings. The van der Waals surface area contributed by atoms with E-state index in [1.165, 1.54) is 18.4 Å². The maximum absolute atomic E-state index is 12.7. The first-order valence-electron chi connectivity index (χ1n) is 10.5. The van der Waals surface area contributed by atoms with Crippen LogP contribution >= 0.6 is 0 Å². The van der Waals surface area contributed by atoms with Crippen LogP contribution in [-0.4, -0.2) is 50.3 Å². The molecule has 0 aromatic heterocycles. The molecule has 2 fully saturated rings. The molecule has 2 heterocycles. The Kier molecular flexibility index (Phi) is 6.13. The van der Waals surface area contributed by atoms with Crippen LogP contribution < -0.4 is 19.5 Å². The minimum Gasteiger partial charge on any atom is -0.497 e. The summed E-state index contributed by atoms with van der Waals surface area (Å²) in [5.41, 5.74) is 1.82. The minimum atomic E-state index is -0.0245. The maximum Gasteiger partial charge on any atom is 0.251 e. The number of ether oxygens (including phenoxy) is 3. The highest BCUT2D eigenvalue weighted by atomic mass is 16.5. The third kappa shape index (κ3) is 4.24. The molecule has 2 aliphatic rings. The van der Waals surface area contributed by atoms with Crippen LogP contribution in [0, 0.1) is 0 Å². The van der Waals surface area contributed by atoms with Gasteiger partial charge in [-0.3, -0.25) is 9.69 Å². The van der Waals surface area contributed by atoms with E-state index in [1.807, 2.05) is 30.3 Å².